The van der Waals surface area contributed by atoms with Gasteiger partial charge in [0.2, 0.25) is 16.0 Å². The molecule has 2 aromatic carbocycles. The Balaban J connectivity index is 1.75. The van der Waals surface area contributed by atoms with Crippen LogP contribution >= 0.6 is 11.6 Å². The van der Waals surface area contributed by atoms with Crippen molar-refractivity contribution in [1.29, 1.82) is 5.26 Å². The van der Waals surface area contributed by atoms with E-state index < -0.39 is 27.8 Å². The number of rotatable bonds is 4. The van der Waals surface area contributed by atoms with Gasteiger partial charge in [-0.1, -0.05) is 25.4 Å². The number of hydrogen-bond donors (Lipinski definition) is 3. The number of hydrogen-bond acceptors (Lipinski definition) is 6. The predicted molar refractivity (Wildman–Crippen MR) is 143 cm³/mol. The molecule has 2 aliphatic heterocycles. The number of nitriles is 1. The van der Waals surface area contributed by atoms with Crippen molar-refractivity contribution in [3.8, 4) is 11.9 Å². The molecule has 11 heteroatoms. The number of nitrogens with one attached hydrogen (secondary N) is 2. The molecule has 9 nitrogen and oxygen atoms in total. The Kier molecular flexibility index (Phi) is 7.45. The molecular formula is C26H32ClN5O4S. The molecule has 0 unspecified atom stereocenters. The highest BCUT2D eigenvalue weighted by atomic mass is 35.5. The number of sulfonamides is 1. The highest BCUT2D eigenvalue weighted by Gasteiger charge is 2.44. The maximum atomic E-state index is 13.6. The van der Waals surface area contributed by atoms with E-state index in [1.807, 2.05) is 6.19 Å². The zero-order valence-corrected chi connectivity index (χ0v) is 22.9. The molecule has 2 heterocycles. The topological polar surface area (TPSA) is 127 Å². The number of benzene rings is 2. The number of nitrogens with zero attached hydrogens (tertiary/aromatic N) is 3. The average Bonchev–Trinajstić information content (AvgIpc) is 2.82. The summed E-state index contributed by atoms with van der Waals surface area (Å²) in [6, 6.07) is 10.6. The summed E-state index contributed by atoms with van der Waals surface area (Å²) >= 11 is 5.97. The van der Waals surface area contributed by atoms with E-state index in [1.54, 1.807) is 44.2 Å². The molecule has 1 fully saturated rings. The van der Waals surface area contributed by atoms with Crippen molar-refractivity contribution in [2.45, 2.75) is 63.2 Å². The molecule has 2 atom stereocenters. The fourth-order valence-electron chi connectivity index (χ4n) is 4.73. The summed E-state index contributed by atoms with van der Waals surface area (Å²) in [6.07, 6.45) is 2.47. The van der Waals surface area contributed by atoms with Gasteiger partial charge < -0.3 is 15.2 Å². The third-order valence-corrected chi connectivity index (χ3v) is 8.83. The number of fused-ring (bicyclic) bond motifs is 1. The molecule has 0 amide bonds. The van der Waals surface area contributed by atoms with Crippen molar-refractivity contribution < 1.29 is 18.3 Å². The first-order valence-electron chi connectivity index (χ1n) is 12.1. The lowest BCUT2D eigenvalue weighted by molar-refractivity contribution is -0.0568. The molecule has 0 bridgehead atoms. The van der Waals surface area contributed by atoms with Crippen LogP contribution in [0.3, 0.4) is 0 Å². The second kappa shape index (κ2) is 10.1. The Morgan fingerprint density at radius 1 is 1.22 bits per heavy atom. The fraction of sp³-hybridized carbons (Fsp3) is 0.462. The Labute approximate surface area is 223 Å². The number of aliphatic imine (C=N–C) groups is 1. The molecule has 2 aromatic rings. The van der Waals surface area contributed by atoms with E-state index in [1.165, 1.54) is 16.4 Å². The van der Waals surface area contributed by atoms with Crippen LogP contribution in [0.4, 0.5) is 5.69 Å². The SMILES string of the molecule is CC1(C)CCCN(S(=O)(=O)c2ccc3c(c2)[C@@H](N=C(NC#N)Nc2ccc(Cl)cc2)[C@H](O)C(C)(C)O3)C1. The second-order valence-electron chi connectivity index (χ2n) is 10.7. The minimum absolute atomic E-state index is 0.0866. The zero-order valence-electron chi connectivity index (χ0n) is 21.3. The van der Waals surface area contributed by atoms with Crippen LogP contribution in [0.2, 0.25) is 5.02 Å². The van der Waals surface area contributed by atoms with Crippen molar-refractivity contribution in [3.05, 3.63) is 53.1 Å². The van der Waals surface area contributed by atoms with Crippen LogP contribution in [0.1, 0.15) is 52.1 Å². The van der Waals surface area contributed by atoms with Crippen LogP contribution < -0.4 is 15.4 Å². The predicted octanol–water partition coefficient (Wildman–Crippen LogP) is 4.26. The minimum Gasteiger partial charge on any atom is -0.485 e. The quantitative estimate of drug-likeness (QED) is 0.227. The lowest BCUT2D eigenvalue weighted by Crippen LogP contribution is -2.49. The standard InChI is InChI=1S/C26H32ClN5O4S/c1-25(2)12-5-13-32(15-25)37(34,35)19-10-11-21-20(14-19)22(23(33)26(3,4)36-21)31-24(29-16-28)30-18-8-6-17(27)7-9-18/h6-11,14,22-23,33H,5,12-13,15H2,1-4H3,(H2,29,30,31)/t22-,23+/m1/s1. The van der Waals surface area contributed by atoms with Gasteiger partial charge in [-0.3, -0.25) is 5.32 Å². The van der Waals surface area contributed by atoms with Crippen molar-refractivity contribution >= 4 is 33.3 Å². The number of halogens is 1. The highest BCUT2D eigenvalue weighted by molar-refractivity contribution is 7.89. The molecular weight excluding hydrogens is 514 g/mol. The average molecular weight is 546 g/mol. The van der Waals surface area contributed by atoms with Gasteiger partial charge >= 0.3 is 0 Å². The van der Waals surface area contributed by atoms with Gasteiger partial charge in [-0.2, -0.15) is 9.57 Å². The molecule has 0 aliphatic carbocycles. The van der Waals surface area contributed by atoms with Crippen LogP contribution in [0, 0.1) is 16.9 Å². The van der Waals surface area contributed by atoms with E-state index in [-0.39, 0.29) is 16.3 Å². The van der Waals surface area contributed by atoms with Gasteiger partial charge in [0.1, 0.15) is 23.5 Å². The van der Waals surface area contributed by atoms with Crippen LogP contribution in [-0.2, 0) is 10.0 Å². The monoisotopic (exact) mass is 545 g/mol. The maximum absolute atomic E-state index is 13.6. The van der Waals surface area contributed by atoms with Gasteiger partial charge in [0, 0.05) is 29.4 Å². The summed E-state index contributed by atoms with van der Waals surface area (Å²) in [4.78, 5) is 4.73. The second-order valence-corrected chi connectivity index (χ2v) is 13.1. The number of aliphatic hydroxyl groups excluding tert-OH is 1. The summed E-state index contributed by atoms with van der Waals surface area (Å²) in [5.74, 6) is 0.508. The fourth-order valence-corrected chi connectivity index (χ4v) is 6.56. The van der Waals surface area contributed by atoms with Crippen molar-refractivity contribution in [2.75, 3.05) is 18.4 Å². The molecule has 4 rings (SSSR count). The lowest BCUT2D eigenvalue weighted by Gasteiger charge is -2.41. The Morgan fingerprint density at radius 2 is 1.92 bits per heavy atom. The van der Waals surface area contributed by atoms with E-state index in [0.29, 0.717) is 35.1 Å². The lowest BCUT2D eigenvalue weighted by atomic mass is 9.85. The maximum Gasteiger partial charge on any atom is 0.243 e. The van der Waals surface area contributed by atoms with Crippen molar-refractivity contribution in [1.82, 2.24) is 9.62 Å². The first kappa shape index (κ1) is 27.2. The van der Waals surface area contributed by atoms with E-state index >= 15 is 0 Å². The molecule has 0 saturated carbocycles. The molecule has 37 heavy (non-hydrogen) atoms. The van der Waals surface area contributed by atoms with Gasteiger partial charge in [0.25, 0.3) is 0 Å². The Bertz CT molecular complexity index is 1340. The number of ether oxygens (including phenoxy) is 1. The summed E-state index contributed by atoms with van der Waals surface area (Å²) < 4.78 is 34.7. The van der Waals surface area contributed by atoms with Crippen molar-refractivity contribution in [3.63, 3.8) is 0 Å². The van der Waals surface area contributed by atoms with Gasteiger partial charge in [-0.15, -0.1) is 0 Å². The minimum atomic E-state index is -3.78. The highest BCUT2D eigenvalue weighted by Crippen LogP contribution is 2.43. The Morgan fingerprint density at radius 3 is 2.57 bits per heavy atom. The molecule has 0 aromatic heterocycles. The van der Waals surface area contributed by atoms with E-state index in [2.05, 4.69) is 29.5 Å². The first-order valence-corrected chi connectivity index (χ1v) is 13.9. The third kappa shape index (κ3) is 5.85. The number of piperidine rings is 1. The first-order chi connectivity index (χ1) is 17.3. The van der Waals surface area contributed by atoms with Crippen molar-refractivity contribution in [2.24, 2.45) is 10.4 Å². The summed E-state index contributed by atoms with van der Waals surface area (Å²) in [5, 5.41) is 26.6. The van der Waals surface area contributed by atoms with Crippen LogP contribution in [0.15, 0.2) is 52.4 Å². The van der Waals surface area contributed by atoms with E-state index in [9.17, 15) is 18.8 Å². The van der Waals surface area contributed by atoms with Gasteiger partial charge in [-0.25, -0.2) is 13.4 Å². The van der Waals surface area contributed by atoms with Gasteiger partial charge in [-0.05, 0) is 74.6 Å². The van der Waals surface area contributed by atoms with Crippen LogP contribution in [0.5, 0.6) is 5.75 Å². The smallest absolute Gasteiger partial charge is 0.243 e. The van der Waals surface area contributed by atoms with Crippen LogP contribution in [0.25, 0.3) is 0 Å². The largest absolute Gasteiger partial charge is 0.485 e. The molecule has 1 saturated heterocycles. The van der Waals surface area contributed by atoms with E-state index in [0.717, 1.165) is 12.8 Å². The third-order valence-electron chi connectivity index (χ3n) is 6.74. The molecule has 0 spiro atoms. The van der Waals surface area contributed by atoms with Gasteiger partial charge in [0.15, 0.2) is 6.19 Å². The molecule has 0 radical (unpaired) electrons. The van der Waals surface area contributed by atoms with Crippen LogP contribution in [-0.4, -0.2) is 48.6 Å². The summed E-state index contributed by atoms with van der Waals surface area (Å²) in [7, 11) is -3.78. The van der Waals surface area contributed by atoms with Gasteiger partial charge in [0.05, 0.1) is 4.90 Å². The summed E-state index contributed by atoms with van der Waals surface area (Å²) in [6.45, 7) is 8.48. The molecule has 198 valence electrons. The number of anilines is 1. The molecule has 2 aliphatic rings. The number of aliphatic hydroxyl groups is 1. The zero-order chi connectivity index (χ0) is 27.0. The summed E-state index contributed by atoms with van der Waals surface area (Å²) in [5.41, 5.74) is -0.0903. The van der Waals surface area contributed by atoms with E-state index in [4.69, 9.17) is 16.3 Å². The Hall–Kier alpha value is -2.84. The normalized spacial score (nSPS) is 23.3. The number of guanidine groups is 1. The molecule has 3 N–H and O–H groups in total.